The summed E-state index contributed by atoms with van der Waals surface area (Å²) >= 11 is 0. The van der Waals surface area contributed by atoms with Crippen molar-refractivity contribution in [3.63, 3.8) is 0 Å². The van der Waals surface area contributed by atoms with E-state index in [0.29, 0.717) is 13.2 Å². The number of ether oxygens (including phenoxy) is 2. The zero-order valence-electron chi connectivity index (χ0n) is 7.69. The normalized spacial score (nSPS) is 19.9. The van der Waals surface area contributed by atoms with Crippen LogP contribution in [0.5, 0.6) is 0 Å². The maximum absolute atomic E-state index is 5.52. The second kappa shape index (κ2) is 3.57. The summed E-state index contributed by atoms with van der Waals surface area (Å²) in [7, 11) is 2.63. The molecule has 0 saturated carbocycles. The predicted molar refractivity (Wildman–Crippen MR) is 56.5 cm³/mol. The first kappa shape index (κ1) is 10.0. The quantitative estimate of drug-likeness (QED) is 0.460. The molecular formula is C9H13N2O2P. The van der Waals surface area contributed by atoms with Crippen LogP contribution < -0.4 is 16.8 Å². The number of hydrogen-bond acceptors (Lipinski definition) is 4. The summed E-state index contributed by atoms with van der Waals surface area (Å²) in [5.41, 5.74) is 13.2. The van der Waals surface area contributed by atoms with Gasteiger partial charge in [-0.05, 0) is 22.5 Å². The molecule has 1 aromatic rings. The SMILES string of the molecule is NC1(N)OCc2ccc(P)cc2CO1. The van der Waals surface area contributed by atoms with Crippen LogP contribution in [0.2, 0.25) is 0 Å². The Morgan fingerprint density at radius 3 is 2.50 bits per heavy atom. The predicted octanol–water partition coefficient (Wildman–Crippen LogP) is -0.238. The Hall–Kier alpha value is -0.510. The molecule has 0 radical (unpaired) electrons. The van der Waals surface area contributed by atoms with E-state index >= 15 is 0 Å². The summed E-state index contributed by atoms with van der Waals surface area (Å²) in [5, 5.41) is 1.11. The molecule has 1 aliphatic heterocycles. The highest BCUT2D eigenvalue weighted by Gasteiger charge is 2.25. The molecule has 5 heteroatoms. The van der Waals surface area contributed by atoms with Crippen molar-refractivity contribution in [2.75, 3.05) is 0 Å². The van der Waals surface area contributed by atoms with Crippen molar-refractivity contribution in [3.8, 4) is 0 Å². The Labute approximate surface area is 84.8 Å². The van der Waals surface area contributed by atoms with Crippen molar-refractivity contribution in [2.24, 2.45) is 11.5 Å². The monoisotopic (exact) mass is 212 g/mol. The fourth-order valence-corrected chi connectivity index (χ4v) is 1.64. The second-order valence-corrected chi connectivity index (χ2v) is 3.99. The van der Waals surface area contributed by atoms with Crippen molar-refractivity contribution in [2.45, 2.75) is 19.2 Å². The summed E-state index contributed by atoms with van der Waals surface area (Å²) in [6.45, 7) is 0.762. The lowest BCUT2D eigenvalue weighted by molar-refractivity contribution is -0.236. The van der Waals surface area contributed by atoms with Gasteiger partial charge in [0.25, 0.3) is 6.03 Å². The van der Waals surface area contributed by atoms with E-state index in [0.717, 1.165) is 16.4 Å². The molecule has 2 rings (SSSR count). The van der Waals surface area contributed by atoms with Gasteiger partial charge in [0, 0.05) is 0 Å². The molecule has 14 heavy (non-hydrogen) atoms. The molecule has 0 bridgehead atoms. The van der Waals surface area contributed by atoms with Crippen LogP contribution in [0, 0.1) is 0 Å². The molecular weight excluding hydrogens is 199 g/mol. The highest BCUT2D eigenvalue weighted by Crippen LogP contribution is 2.18. The van der Waals surface area contributed by atoms with Gasteiger partial charge in [-0.15, -0.1) is 9.24 Å². The molecule has 1 aliphatic rings. The third-order valence-electron chi connectivity index (χ3n) is 2.14. The van der Waals surface area contributed by atoms with Gasteiger partial charge < -0.3 is 9.47 Å². The third kappa shape index (κ3) is 2.11. The number of nitrogens with two attached hydrogens (primary N) is 2. The number of fused-ring (bicyclic) bond motifs is 1. The molecule has 1 unspecified atom stereocenters. The Kier molecular flexibility index (Phi) is 2.56. The lowest BCUT2D eigenvalue weighted by Gasteiger charge is -2.21. The minimum Gasteiger partial charge on any atom is -0.320 e. The van der Waals surface area contributed by atoms with E-state index in [-0.39, 0.29) is 0 Å². The summed E-state index contributed by atoms with van der Waals surface area (Å²) in [6.07, 6.45) is 0. The maximum atomic E-state index is 5.52. The molecule has 1 atom stereocenters. The van der Waals surface area contributed by atoms with E-state index in [2.05, 4.69) is 9.24 Å². The summed E-state index contributed by atoms with van der Waals surface area (Å²) < 4.78 is 10.4. The standard InChI is InChI=1S/C9H13N2O2P/c10-9(11)12-4-6-1-2-8(14)3-7(6)5-13-9/h1-3H,4-5,10-11,14H2. The molecule has 0 aliphatic carbocycles. The Morgan fingerprint density at radius 1 is 1.14 bits per heavy atom. The number of hydrogen-bond donors (Lipinski definition) is 2. The van der Waals surface area contributed by atoms with Crippen LogP contribution in [0.1, 0.15) is 11.1 Å². The van der Waals surface area contributed by atoms with Crippen molar-refractivity contribution in [1.29, 1.82) is 0 Å². The molecule has 0 aromatic heterocycles. The minimum absolute atomic E-state index is 0.380. The zero-order valence-corrected chi connectivity index (χ0v) is 8.85. The van der Waals surface area contributed by atoms with Gasteiger partial charge in [-0.1, -0.05) is 12.1 Å². The highest BCUT2D eigenvalue weighted by atomic mass is 31.0. The van der Waals surface area contributed by atoms with Crippen molar-refractivity contribution >= 4 is 14.5 Å². The summed E-state index contributed by atoms with van der Waals surface area (Å²) in [5.74, 6) is 0. The van der Waals surface area contributed by atoms with Crippen LogP contribution in [0.15, 0.2) is 18.2 Å². The highest BCUT2D eigenvalue weighted by molar-refractivity contribution is 7.27. The molecule has 0 fully saturated rings. The first-order chi connectivity index (χ1) is 6.57. The lowest BCUT2D eigenvalue weighted by Crippen LogP contribution is -2.53. The largest absolute Gasteiger partial charge is 0.320 e. The Balaban J connectivity index is 2.30. The van der Waals surface area contributed by atoms with Crippen LogP contribution in [-0.2, 0) is 22.7 Å². The third-order valence-corrected chi connectivity index (χ3v) is 2.50. The topological polar surface area (TPSA) is 70.5 Å². The van der Waals surface area contributed by atoms with Crippen LogP contribution in [-0.4, -0.2) is 6.03 Å². The van der Waals surface area contributed by atoms with Gasteiger partial charge in [0.2, 0.25) is 0 Å². The van der Waals surface area contributed by atoms with E-state index < -0.39 is 6.03 Å². The van der Waals surface area contributed by atoms with Crippen LogP contribution in [0.3, 0.4) is 0 Å². The maximum Gasteiger partial charge on any atom is 0.287 e. The molecule has 0 saturated heterocycles. The fourth-order valence-electron chi connectivity index (χ4n) is 1.34. The molecule has 76 valence electrons. The van der Waals surface area contributed by atoms with Crippen LogP contribution >= 0.6 is 9.24 Å². The van der Waals surface area contributed by atoms with Gasteiger partial charge in [0.15, 0.2) is 0 Å². The molecule has 1 heterocycles. The molecule has 4 nitrogen and oxygen atoms in total. The zero-order chi connectivity index (χ0) is 10.2. The molecule has 4 N–H and O–H groups in total. The van der Waals surface area contributed by atoms with Crippen LogP contribution in [0.25, 0.3) is 0 Å². The Morgan fingerprint density at radius 2 is 1.79 bits per heavy atom. The molecule has 0 amide bonds. The molecule has 0 spiro atoms. The van der Waals surface area contributed by atoms with Gasteiger partial charge in [-0.25, -0.2) is 0 Å². The number of benzene rings is 1. The Bertz CT molecular complexity index is 355. The van der Waals surface area contributed by atoms with Gasteiger partial charge in [-0.2, -0.15) is 0 Å². The van der Waals surface area contributed by atoms with E-state index in [4.69, 9.17) is 20.9 Å². The summed E-state index contributed by atoms with van der Waals surface area (Å²) in [6, 6.07) is 4.53. The molecule has 1 aromatic carbocycles. The van der Waals surface area contributed by atoms with Gasteiger partial charge in [0.05, 0.1) is 13.2 Å². The van der Waals surface area contributed by atoms with Gasteiger partial charge in [0.1, 0.15) is 0 Å². The van der Waals surface area contributed by atoms with E-state index in [1.807, 2.05) is 18.2 Å². The van der Waals surface area contributed by atoms with Gasteiger partial charge in [-0.3, -0.25) is 11.5 Å². The fraction of sp³-hybridized carbons (Fsp3) is 0.333. The lowest BCUT2D eigenvalue weighted by atomic mass is 10.1. The second-order valence-electron chi connectivity index (χ2n) is 3.33. The van der Waals surface area contributed by atoms with Gasteiger partial charge >= 0.3 is 0 Å². The van der Waals surface area contributed by atoms with Crippen molar-refractivity contribution in [3.05, 3.63) is 29.3 Å². The minimum atomic E-state index is -1.47. The van der Waals surface area contributed by atoms with Crippen LogP contribution in [0.4, 0.5) is 0 Å². The average molecular weight is 212 g/mol. The van der Waals surface area contributed by atoms with Crippen molar-refractivity contribution < 1.29 is 9.47 Å². The first-order valence-corrected chi connectivity index (χ1v) is 4.87. The van der Waals surface area contributed by atoms with E-state index in [9.17, 15) is 0 Å². The number of rotatable bonds is 0. The van der Waals surface area contributed by atoms with E-state index in [1.54, 1.807) is 0 Å². The smallest absolute Gasteiger partial charge is 0.287 e. The first-order valence-electron chi connectivity index (χ1n) is 4.30. The van der Waals surface area contributed by atoms with E-state index in [1.165, 1.54) is 0 Å². The van der Waals surface area contributed by atoms with Crippen molar-refractivity contribution in [1.82, 2.24) is 0 Å². The average Bonchev–Trinajstić information content (AvgIpc) is 2.26. The summed E-state index contributed by atoms with van der Waals surface area (Å²) in [4.78, 5) is 0.